The van der Waals surface area contributed by atoms with E-state index in [1.165, 1.54) is 31.5 Å². The monoisotopic (exact) mass is 425 g/mol. The zero-order valence-electron chi connectivity index (χ0n) is 15.7. The first kappa shape index (κ1) is 21.0. The van der Waals surface area contributed by atoms with Crippen molar-refractivity contribution in [2.24, 2.45) is 5.92 Å². The largest absolute Gasteiger partial charge is 0.469 e. The summed E-state index contributed by atoms with van der Waals surface area (Å²) in [5.41, 5.74) is 1.85. The van der Waals surface area contributed by atoms with Crippen LogP contribution >= 0.6 is 0 Å². The van der Waals surface area contributed by atoms with E-state index in [1.807, 2.05) is 0 Å². The van der Waals surface area contributed by atoms with E-state index >= 15 is 0 Å². The Bertz CT molecular complexity index is 1060. The summed E-state index contributed by atoms with van der Waals surface area (Å²) in [5.74, 6) is -0.882. The Balaban J connectivity index is 2.04. The number of ether oxygens (including phenoxy) is 1. The van der Waals surface area contributed by atoms with E-state index in [-0.39, 0.29) is 5.03 Å². The zero-order chi connectivity index (χ0) is 21.4. The molecule has 29 heavy (non-hydrogen) atoms. The number of methoxy groups -OCH3 is 1. The number of pyridine rings is 1. The van der Waals surface area contributed by atoms with Gasteiger partial charge in [0.05, 0.1) is 18.6 Å². The number of hydrogen-bond donors (Lipinski definition) is 0. The van der Waals surface area contributed by atoms with E-state index < -0.39 is 33.5 Å². The lowest BCUT2D eigenvalue weighted by Crippen LogP contribution is -2.13. The van der Waals surface area contributed by atoms with Gasteiger partial charge in [-0.2, -0.15) is 13.2 Å². The number of hydrogen-bond acceptors (Lipinski definition) is 5. The van der Waals surface area contributed by atoms with Crippen LogP contribution in [0.4, 0.5) is 13.2 Å². The summed E-state index contributed by atoms with van der Waals surface area (Å²) >= 11 is 0. The molecule has 0 saturated carbocycles. The molecule has 0 saturated heterocycles. The van der Waals surface area contributed by atoms with E-state index in [0.29, 0.717) is 29.5 Å². The summed E-state index contributed by atoms with van der Waals surface area (Å²) in [6, 6.07) is 7.69. The topological polar surface area (TPSA) is 73.3 Å². The minimum Gasteiger partial charge on any atom is -0.469 e. The fraction of sp³-hybridized carbons (Fsp3) is 0.300. The van der Waals surface area contributed by atoms with Crippen LogP contribution in [0.1, 0.15) is 29.5 Å². The average Bonchev–Trinajstić information content (AvgIpc) is 3.11. The van der Waals surface area contributed by atoms with Crippen molar-refractivity contribution in [2.45, 2.75) is 24.0 Å². The van der Waals surface area contributed by atoms with Gasteiger partial charge in [0.15, 0.2) is 14.9 Å². The van der Waals surface area contributed by atoms with Gasteiger partial charge in [0, 0.05) is 12.5 Å². The highest BCUT2D eigenvalue weighted by atomic mass is 32.2. The lowest BCUT2D eigenvalue weighted by molar-refractivity contribution is -0.144. The fourth-order valence-electron chi connectivity index (χ4n) is 3.37. The number of sulfone groups is 1. The van der Waals surface area contributed by atoms with Crippen LogP contribution in [0.25, 0.3) is 11.1 Å². The first-order valence-electron chi connectivity index (χ1n) is 8.64. The molecule has 0 fully saturated rings. The van der Waals surface area contributed by atoms with Gasteiger partial charge >= 0.3 is 12.1 Å². The lowest BCUT2D eigenvalue weighted by atomic mass is 9.97. The molecule has 1 aliphatic rings. The smallest absolute Gasteiger partial charge is 0.416 e. The molecule has 0 N–H and O–H groups in total. The van der Waals surface area contributed by atoms with Gasteiger partial charge in [-0.25, -0.2) is 13.4 Å². The third-order valence-electron chi connectivity index (χ3n) is 4.83. The second-order valence-electron chi connectivity index (χ2n) is 6.82. The van der Waals surface area contributed by atoms with E-state index in [9.17, 15) is 26.4 Å². The van der Waals surface area contributed by atoms with Crippen LogP contribution in [0.15, 0.2) is 47.6 Å². The van der Waals surface area contributed by atoms with Crippen LogP contribution in [0.3, 0.4) is 0 Å². The number of rotatable bonds is 4. The average molecular weight is 425 g/mol. The third-order valence-corrected chi connectivity index (χ3v) is 5.83. The number of benzene rings is 1. The Kier molecular flexibility index (Phi) is 5.53. The maximum atomic E-state index is 12.9. The number of allylic oxidation sites excluding steroid dienone is 2. The van der Waals surface area contributed by atoms with Crippen molar-refractivity contribution in [3.8, 4) is 0 Å². The van der Waals surface area contributed by atoms with Crippen molar-refractivity contribution in [3.05, 3.63) is 59.3 Å². The molecule has 1 heterocycles. The lowest BCUT2D eigenvalue weighted by Gasteiger charge is -2.11. The zero-order valence-corrected chi connectivity index (χ0v) is 16.5. The quantitative estimate of drug-likeness (QED) is 0.693. The highest BCUT2D eigenvalue weighted by Crippen LogP contribution is 2.44. The first-order valence-corrected chi connectivity index (χ1v) is 10.5. The van der Waals surface area contributed by atoms with Crippen LogP contribution in [-0.4, -0.2) is 32.7 Å². The number of aromatic nitrogens is 1. The SMILES string of the molecule is COC(=O)C1CC(c2ccc(C(F)(F)F)cc2)=C(c2ccc(S(C)(=O)=O)nc2)C1. The summed E-state index contributed by atoms with van der Waals surface area (Å²) in [6.07, 6.45) is -1.37. The second kappa shape index (κ2) is 7.62. The van der Waals surface area contributed by atoms with Gasteiger partial charge in [0.1, 0.15) is 0 Å². The van der Waals surface area contributed by atoms with Gasteiger partial charge in [-0.1, -0.05) is 18.2 Å². The molecule has 0 aliphatic heterocycles. The molecule has 3 rings (SSSR count). The Labute approximate surface area is 166 Å². The van der Waals surface area contributed by atoms with Crippen LogP contribution in [0, 0.1) is 5.92 Å². The molecule has 2 aromatic rings. The standard InChI is InChI=1S/C20H18F3NO4S/c1-28-19(25)14-9-16(12-3-6-15(7-4-12)20(21,22)23)17(10-14)13-5-8-18(24-11-13)29(2,26)27/h3-8,11,14H,9-10H2,1-2H3. The molecule has 154 valence electrons. The third kappa shape index (κ3) is 4.50. The minimum atomic E-state index is -4.44. The highest BCUT2D eigenvalue weighted by molar-refractivity contribution is 7.90. The first-order chi connectivity index (χ1) is 13.5. The Morgan fingerprint density at radius 1 is 1.03 bits per heavy atom. The van der Waals surface area contributed by atoms with Gasteiger partial charge in [-0.3, -0.25) is 4.79 Å². The van der Waals surface area contributed by atoms with Crippen molar-refractivity contribution in [1.29, 1.82) is 0 Å². The van der Waals surface area contributed by atoms with Crippen LogP contribution < -0.4 is 0 Å². The molecule has 0 spiro atoms. The number of esters is 1. The predicted octanol–water partition coefficient (Wildman–Crippen LogP) is 4.00. The number of halogens is 3. The summed E-state index contributed by atoms with van der Waals surface area (Å²) in [6.45, 7) is 0. The Hall–Kier alpha value is -2.68. The summed E-state index contributed by atoms with van der Waals surface area (Å²) in [7, 11) is -2.19. The highest BCUT2D eigenvalue weighted by Gasteiger charge is 2.33. The molecule has 0 amide bonds. The maximum absolute atomic E-state index is 12.9. The molecule has 9 heteroatoms. The molecule has 1 aromatic heterocycles. The summed E-state index contributed by atoms with van der Waals surface area (Å²) in [4.78, 5) is 16.0. The van der Waals surface area contributed by atoms with E-state index in [1.54, 1.807) is 6.07 Å². The van der Waals surface area contributed by atoms with Gasteiger partial charge in [-0.05, 0) is 53.3 Å². The molecule has 5 nitrogen and oxygen atoms in total. The molecule has 1 unspecified atom stereocenters. The normalized spacial score (nSPS) is 17.5. The van der Waals surface area contributed by atoms with Crippen LogP contribution in [0.5, 0.6) is 0 Å². The predicted molar refractivity (Wildman–Crippen MR) is 100 cm³/mol. The van der Waals surface area contributed by atoms with E-state index in [2.05, 4.69) is 4.98 Å². The van der Waals surface area contributed by atoms with Crippen molar-refractivity contribution in [2.75, 3.05) is 13.4 Å². The van der Waals surface area contributed by atoms with Crippen molar-refractivity contribution < 1.29 is 31.1 Å². The van der Waals surface area contributed by atoms with E-state index in [0.717, 1.165) is 24.0 Å². The van der Waals surface area contributed by atoms with Crippen molar-refractivity contribution >= 4 is 27.0 Å². The van der Waals surface area contributed by atoms with Crippen molar-refractivity contribution in [3.63, 3.8) is 0 Å². The number of carbonyl (C=O) groups excluding carboxylic acids is 1. The Morgan fingerprint density at radius 3 is 2.03 bits per heavy atom. The van der Waals surface area contributed by atoms with E-state index in [4.69, 9.17) is 4.74 Å². The molecular formula is C20H18F3NO4S. The molecule has 0 bridgehead atoms. The van der Waals surface area contributed by atoms with Gasteiger partial charge in [0.25, 0.3) is 0 Å². The maximum Gasteiger partial charge on any atom is 0.416 e. The van der Waals surface area contributed by atoms with Gasteiger partial charge < -0.3 is 4.74 Å². The molecule has 1 atom stereocenters. The summed E-state index contributed by atoms with van der Waals surface area (Å²) < 4.78 is 66.6. The van der Waals surface area contributed by atoms with Crippen LogP contribution in [-0.2, 0) is 25.5 Å². The molecule has 1 aromatic carbocycles. The molecule has 0 radical (unpaired) electrons. The Morgan fingerprint density at radius 2 is 1.59 bits per heavy atom. The number of nitrogens with zero attached hydrogens (tertiary/aromatic N) is 1. The van der Waals surface area contributed by atoms with Crippen molar-refractivity contribution in [1.82, 2.24) is 4.98 Å². The number of alkyl halides is 3. The summed E-state index contributed by atoms with van der Waals surface area (Å²) in [5, 5.41) is -0.0829. The second-order valence-corrected chi connectivity index (χ2v) is 8.78. The molecule has 1 aliphatic carbocycles. The van der Waals surface area contributed by atoms with Crippen LogP contribution in [0.2, 0.25) is 0 Å². The molecular weight excluding hydrogens is 407 g/mol. The van der Waals surface area contributed by atoms with Gasteiger partial charge in [0.2, 0.25) is 0 Å². The number of carbonyl (C=O) groups is 1. The fourth-order valence-corrected chi connectivity index (χ4v) is 3.93. The van der Waals surface area contributed by atoms with Gasteiger partial charge in [-0.15, -0.1) is 0 Å². The minimum absolute atomic E-state index is 0.0829.